The van der Waals surface area contributed by atoms with Gasteiger partial charge in [-0.15, -0.1) is 0 Å². The Labute approximate surface area is 105 Å². The Morgan fingerprint density at radius 1 is 0.944 bits per heavy atom. The number of hydrogen-bond acceptors (Lipinski definition) is 2. The molecular weight excluding hydrogens is 228 g/mol. The highest BCUT2D eigenvalue weighted by atomic mass is 16.2. The fourth-order valence-corrected chi connectivity index (χ4v) is 1.81. The lowest BCUT2D eigenvalue weighted by Gasteiger charge is -2.03. The van der Waals surface area contributed by atoms with Crippen molar-refractivity contribution < 1.29 is 0 Å². The van der Waals surface area contributed by atoms with Crippen molar-refractivity contribution in [1.82, 2.24) is 10.2 Å². The molecule has 2 aromatic rings. The first-order valence-corrected chi connectivity index (χ1v) is 6.07. The molecule has 4 nitrogen and oxygen atoms in total. The lowest BCUT2D eigenvalue weighted by atomic mass is 10.1. The fraction of sp³-hybridized carbons (Fsp3) is 0.286. The standard InChI is InChI=1S/C14H16N2O2/c1-2-10-3-5-11(6-4-10)7-8-12-9-13(17)14(18)16-15-12/h3-6,9H,2,7-8H2,1H3,(H,15,17)(H,16,18). The van der Waals surface area contributed by atoms with Gasteiger partial charge in [0.25, 0.3) is 0 Å². The van der Waals surface area contributed by atoms with Crippen LogP contribution in [0.3, 0.4) is 0 Å². The summed E-state index contributed by atoms with van der Waals surface area (Å²) in [6.45, 7) is 2.13. The normalized spacial score (nSPS) is 10.5. The van der Waals surface area contributed by atoms with Crippen LogP contribution in [0.15, 0.2) is 39.9 Å². The molecule has 0 radical (unpaired) electrons. The van der Waals surface area contributed by atoms with E-state index in [-0.39, 0.29) is 0 Å². The SMILES string of the molecule is CCc1ccc(CCc2cc(=O)c(=O)[nH][nH]2)cc1. The summed E-state index contributed by atoms with van der Waals surface area (Å²) in [6.07, 6.45) is 2.58. The van der Waals surface area contributed by atoms with Gasteiger partial charge in [0.2, 0.25) is 5.43 Å². The maximum Gasteiger partial charge on any atom is 0.310 e. The topological polar surface area (TPSA) is 65.7 Å². The maximum atomic E-state index is 11.2. The molecule has 0 fully saturated rings. The van der Waals surface area contributed by atoms with Crippen LogP contribution in [0.4, 0.5) is 0 Å². The second kappa shape index (κ2) is 5.49. The molecule has 4 heteroatoms. The third-order valence-corrected chi connectivity index (χ3v) is 2.98. The van der Waals surface area contributed by atoms with E-state index in [1.807, 2.05) is 0 Å². The van der Waals surface area contributed by atoms with Crippen LogP contribution in [0.25, 0.3) is 0 Å². The van der Waals surface area contributed by atoms with Gasteiger partial charge in [-0.3, -0.25) is 14.7 Å². The number of hydrogen-bond donors (Lipinski definition) is 2. The van der Waals surface area contributed by atoms with E-state index in [4.69, 9.17) is 0 Å². The van der Waals surface area contributed by atoms with Crippen molar-refractivity contribution in [2.75, 3.05) is 0 Å². The van der Waals surface area contributed by atoms with E-state index in [0.29, 0.717) is 6.42 Å². The molecule has 0 saturated carbocycles. The molecule has 1 heterocycles. The molecule has 0 saturated heterocycles. The van der Waals surface area contributed by atoms with Gasteiger partial charge in [-0.05, 0) is 30.4 Å². The molecule has 0 amide bonds. The minimum atomic E-state index is -0.606. The lowest BCUT2D eigenvalue weighted by molar-refractivity contribution is 0.838. The van der Waals surface area contributed by atoms with Crippen LogP contribution in [-0.2, 0) is 19.3 Å². The molecule has 18 heavy (non-hydrogen) atoms. The fourth-order valence-electron chi connectivity index (χ4n) is 1.81. The molecule has 0 aliphatic heterocycles. The summed E-state index contributed by atoms with van der Waals surface area (Å²) in [6, 6.07) is 9.79. The second-order valence-electron chi connectivity index (χ2n) is 4.28. The molecule has 0 bridgehead atoms. The summed E-state index contributed by atoms with van der Waals surface area (Å²) in [7, 11) is 0. The molecule has 2 N–H and O–H groups in total. The number of rotatable bonds is 4. The Kier molecular flexibility index (Phi) is 3.77. The summed E-state index contributed by atoms with van der Waals surface area (Å²) in [4.78, 5) is 22.1. The minimum absolute atomic E-state index is 0.495. The molecule has 0 spiro atoms. The zero-order valence-electron chi connectivity index (χ0n) is 10.3. The van der Waals surface area contributed by atoms with Crippen molar-refractivity contribution in [3.63, 3.8) is 0 Å². The van der Waals surface area contributed by atoms with Crippen molar-refractivity contribution in [1.29, 1.82) is 0 Å². The third kappa shape index (κ3) is 2.97. The Bertz CT molecular complexity index is 623. The smallest absolute Gasteiger partial charge is 0.302 e. The molecule has 0 atom stereocenters. The summed E-state index contributed by atoms with van der Waals surface area (Å²) in [5.41, 5.74) is 2.19. The van der Waals surface area contributed by atoms with Crippen LogP contribution in [-0.4, -0.2) is 10.2 Å². The van der Waals surface area contributed by atoms with Crippen LogP contribution in [0.2, 0.25) is 0 Å². The van der Waals surface area contributed by atoms with Crippen LogP contribution in [0.1, 0.15) is 23.7 Å². The molecule has 0 aliphatic rings. The molecular formula is C14H16N2O2. The van der Waals surface area contributed by atoms with E-state index < -0.39 is 11.0 Å². The van der Waals surface area contributed by atoms with Crippen LogP contribution < -0.4 is 11.0 Å². The number of nitrogens with one attached hydrogen (secondary N) is 2. The van der Waals surface area contributed by atoms with Gasteiger partial charge in [-0.25, -0.2) is 0 Å². The Balaban J connectivity index is 2.04. The van der Waals surface area contributed by atoms with Crippen molar-refractivity contribution in [2.24, 2.45) is 0 Å². The monoisotopic (exact) mass is 244 g/mol. The lowest BCUT2D eigenvalue weighted by Crippen LogP contribution is -2.27. The predicted octanol–water partition coefficient (Wildman–Crippen LogP) is 1.41. The van der Waals surface area contributed by atoms with Gasteiger partial charge < -0.3 is 5.10 Å². The summed E-state index contributed by atoms with van der Waals surface area (Å²) >= 11 is 0. The second-order valence-corrected chi connectivity index (χ2v) is 4.28. The van der Waals surface area contributed by atoms with E-state index in [0.717, 1.165) is 18.5 Å². The Morgan fingerprint density at radius 2 is 1.61 bits per heavy atom. The van der Waals surface area contributed by atoms with Gasteiger partial charge in [0, 0.05) is 11.8 Å². The van der Waals surface area contributed by atoms with Gasteiger partial charge in [0.1, 0.15) is 0 Å². The van der Waals surface area contributed by atoms with Gasteiger partial charge in [-0.2, -0.15) is 0 Å². The first kappa shape index (κ1) is 12.4. The van der Waals surface area contributed by atoms with Crippen molar-refractivity contribution >= 4 is 0 Å². The zero-order chi connectivity index (χ0) is 13.0. The number of aromatic nitrogens is 2. The van der Waals surface area contributed by atoms with E-state index >= 15 is 0 Å². The molecule has 2 rings (SSSR count). The van der Waals surface area contributed by atoms with Crippen LogP contribution in [0, 0.1) is 0 Å². The Morgan fingerprint density at radius 3 is 2.22 bits per heavy atom. The van der Waals surface area contributed by atoms with E-state index in [1.54, 1.807) is 0 Å². The van der Waals surface area contributed by atoms with Gasteiger partial charge >= 0.3 is 5.56 Å². The first-order chi connectivity index (χ1) is 8.69. The maximum absolute atomic E-state index is 11.2. The van der Waals surface area contributed by atoms with Gasteiger partial charge in [-0.1, -0.05) is 31.2 Å². The highest BCUT2D eigenvalue weighted by molar-refractivity contribution is 5.23. The average Bonchev–Trinajstić information content (AvgIpc) is 2.41. The number of H-pyrrole nitrogens is 2. The van der Waals surface area contributed by atoms with Gasteiger partial charge in [0.15, 0.2) is 0 Å². The van der Waals surface area contributed by atoms with Crippen molar-refractivity contribution in [3.8, 4) is 0 Å². The number of benzene rings is 1. The Hall–Kier alpha value is -2.10. The van der Waals surface area contributed by atoms with E-state index in [2.05, 4.69) is 41.4 Å². The third-order valence-electron chi connectivity index (χ3n) is 2.98. The van der Waals surface area contributed by atoms with E-state index in [9.17, 15) is 9.59 Å². The molecule has 0 aliphatic carbocycles. The van der Waals surface area contributed by atoms with Gasteiger partial charge in [0.05, 0.1) is 0 Å². The largest absolute Gasteiger partial charge is 0.310 e. The minimum Gasteiger partial charge on any atom is -0.302 e. The molecule has 1 aromatic carbocycles. The highest BCUT2D eigenvalue weighted by Gasteiger charge is 1.99. The van der Waals surface area contributed by atoms with Crippen molar-refractivity contribution in [2.45, 2.75) is 26.2 Å². The summed E-state index contributed by atoms with van der Waals surface area (Å²) < 4.78 is 0. The van der Waals surface area contributed by atoms with Crippen LogP contribution in [0.5, 0.6) is 0 Å². The summed E-state index contributed by atoms with van der Waals surface area (Å²) in [5.74, 6) is 0. The first-order valence-electron chi connectivity index (χ1n) is 6.07. The van der Waals surface area contributed by atoms with Crippen LogP contribution >= 0.6 is 0 Å². The highest BCUT2D eigenvalue weighted by Crippen LogP contribution is 2.07. The molecule has 0 unspecified atom stereocenters. The number of aromatic amines is 2. The summed E-state index contributed by atoms with van der Waals surface area (Å²) in [5, 5.41) is 5.06. The number of aryl methyl sites for hydroxylation is 3. The zero-order valence-corrected chi connectivity index (χ0v) is 10.3. The quantitative estimate of drug-likeness (QED) is 0.799. The average molecular weight is 244 g/mol. The predicted molar refractivity (Wildman–Crippen MR) is 70.9 cm³/mol. The molecule has 94 valence electrons. The van der Waals surface area contributed by atoms with E-state index in [1.165, 1.54) is 17.2 Å². The molecule has 1 aromatic heterocycles. The van der Waals surface area contributed by atoms with Crippen molar-refractivity contribution in [3.05, 3.63) is 67.7 Å².